The molecule has 1 aliphatic rings. The van der Waals surface area contributed by atoms with Gasteiger partial charge >= 0.3 is 0 Å². The van der Waals surface area contributed by atoms with E-state index in [1.165, 1.54) is 25.3 Å². The molecule has 0 unspecified atom stereocenters. The number of carbonyl (C=O) groups is 2. The van der Waals surface area contributed by atoms with E-state index in [0.717, 1.165) is 0 Å². The summed E-state index contributed by atoms with van der Waals surface area (Å²) in [7, 11) is 1.37. The Bertz CT molecular complexity index is 635. The van der Waals surface area contributed by atoms with E-state index in [-0.39, 0.29) is 27.2 Å². The van der Waals surface area contributed by atoms with Gasteiger partial charge in [0.1, 0.15) is 5.57 Å². The van der Waals surface area contributed by atoms with Crippen molar-refractivity contribution in [1.82, 2.24) is 10.6 Å². The molecular formula is C12H9ClN2O4S. The van der Waals surface area contributed by atoms with Crippen LogP contribution >= 0.6 is 23.8 Å². The maximum Gasteiger partial charge on any atom is 0.263 e. The number of thiocarbonyl (C=S) groups is 1. The normalized spacial score (nSPS) is 14.7. The molecule has 0 bridgehead atoms. The summed E-state index contributed by atoms with van der Waals surface area (Å²) in [6.07, 6.45) is 1.29. The summed E-state index contributed by atoms with van der Waals surface area (Å²) >= 11 is 10.6. The lowest BCUT2D eigenvalue weighted by molar-refractivity contribution is -0.123. The highest BCUT2D eigenvalue weighted by atomic mass is 35.5. The van der Waals surface area contributed by atoms with Gasteiger partial charge in [-0.05, 0) is 29.9 Å². The Labute approximate surface area is 124 Å². The first-order valence-electron chi connectivity index (χ1n) is 5.37. The van der Waals surface area contributed by atoms with Gasteiger partial charge in [0.2, 0.25) is 0 Å². The van der Waals surface area contributed by atoms with Crippen LogP contribution < -0.4 is 15.4 Å². The Kier molecular flexibility index (Phi) is 3.91. The molecular weight excluding hydrogens is 304 g/mol. The summed E-state index contributed by atoms with van der Waals surface area (Å²) in [5.74, 6) is -1.21. The lowest BCUT2D eigenvalue weighted by Crippen LogP contribution is -2.51. The Balaban J connectivity index is 2.47. The smallest absolute Gasteiger partial charge is 0.263 e. The number of aromatic hydroxyl groups is 1. The van der Waals surface area contributed by atoms with E-state index >= 15 is 0 Å². The van der Waals surface area contributed by atoms with Crippen LogP contribution in [0.3, 0.4) is 0 Å². The first kappa shape index (κ1) is 14.3. The van der Waals surface area contributed by atoms with Gasteiger partial charge in [-0.3, -0.25) is 20.2 Å². The number of rotatable bonds is 2. The summed E-state index contributed by atoms with van der Waals surface area (Å²) in [5.41, 5.74) is 0.211. The van der Waals surface area contributed by atoms with Crippen molar-refractivity contribution < 1.29 is 19.4 Å². The summed E-state index contributed by atoms with van der Waals surface area (Å²) in [5, 5.41) is 14.3. The summed E-state index contributed by atoms with van der Waals surface area (Å²) in [4.78, 5) is 23.4. The molecule has 0 spiro atoms. The molecule has 1 saturated heterocycles. The zero-order valence-corrected chi connectivity index (χ0v) is 11.8. The van der Waals surface area contributed by atoms with Crippen molar-refractivity contribution in [2.45, 2.75) is 0 Å². The average molecular weight is 313 g/mol. The van der Waals surface area contributed by atoms with Gasteiger partial charge in [-0.15, -0.1) is 0 Å². The number of hydrogen-bond donors (Lipinski definition) is 3. The number of methoxy groups -OCH3 is 1. The number of carbonyl (C=O) groups excluding carboxylic acids is 2. The second-order valence-electron chi connectivity index (χ2n) is 3.84. The maximum absolute atomic E-state index is 11.7. The number of hydrogen-bond acceptors (Lipinski definition) is 5. The molecule has 6 nitrogen and oxygen atoms in total. The number of ether oxygens (including phenoxy) is 1. The molecule has 0 saturated carbocycles. The van der Waals surface area contributed by atoms with Crippen LogP contribution in [0.5, 0.6) is 11.5 Å². The van der Waals surface area contributed by atoms with Crippen molar-refractivity contribution in [2.75, 3.05) is 7.11 Å². The third kappa shape index (κ3) is 2.73. The molecule has 0 atom stereocenters. The highest BCUT2D eigenvalue weighted by Crippen LogP contribution is 2.33. The molecule has 1 aromatic carbocycles. The zero-order valence-electron chi connectivity index (χ0n) is 10.2. The Hall–Kier alpha value is -2.12. The Morgan fingerprint density at radius 2 is 1.90 bits per heavy atom. The van der Waals surface area contributed by atoms with Crippen molar-refractivity contribution in [3.8, 4) is 11.5 Å². The minimum absolute atomic E-state index is 0.0495. The van der Waals surface area contributed by atoms with Crippen molar-refractivity contribution in [3.05, 3.63) is 28.3 Å². The van der Waals surface area contributed by atoms with Crippen molar-refractivity contribution in [3.63, 3.8) is 0 Å². The van der Waals surface area contributed by atoms with Crippen LogP contribution in [-0.4, -0.2) is 29.1 Å². The summed E-state index contributed by atoms with van der Waals surface area (Å²) in [6, 6.07) is 2.67. The van der Waals surface area contributed by atoms with Crippen molar-refractivity contribution in [1.29, 1.82) is 0 Å². The number of benzene rings is 1. The highest BCUT2D eigenvalue weighted by molar-refractivity contribution is 7.80. The molecule has 0 aliphatic carbocycles. The average Bonchev–Trinajstić information content (AvgIpc) is 2.35. The third-order valence-electron chi connectivity index (χ3n) is 2.54. The number of nitrogens with one attached hydrogen (secondary N) is 2. The standard InChI is InChI=1S/C12H9ClN2O4S/c1-19-9-3-5(7(13)4-8(9)16)2-6-10(17)14-12(20)15-11(6)18/h2-4,16H,1H3,(H2,14,15,17,18,20). The van der Waals surface area contributed by atoms with Crippen LogP contribution in [-0.2, 0) is 9.59 Å². The van der Waals surface area contributed by atoms with E-state index in [1.54, 1.807) is 0 Å². The van der Waals surface area contributed by atoms with Crippen LogP contribution in [0.1, 0.15) is 5.56 Å². The number of phenolic OH excluding ortho intramolecular Hbond substituents is 1. The molecule has 0 aromatic heterocycles. The lowest BCUT2D eigenvalue weighted by Gasteiger charge is -2.16. The van der Waals surface area contributed by atoms with E-state index in [4.69, 9.17) is 16.3 Å². The number of amides is 2. The van der Waals surface area contributed by atoms with E-state index in [2.05, 4.69) is 22.9 Å². The number of halogens is 1. The molecule has 20 heavy (non-hydrogen) atoms. The van der Waals surface area contributed by atoms with Crippen LogP contribution in [0.25, 0.3) is 6.08 Å². The highest BCUT2D eigenvalue weighted by Gasteiger charge is 2.26. The van der Waals surface area contributed by atoms with Gasteiger partial charge in [-0.2, -0.15) is 0 Å². The second kappa shape index (κ2) is 5.48. The molecule has 1 aromatic rings. The summed E-state index contributed by atoms with van der Waals surface area (Å²) in [6.45, 7) is 0. The van der Waals surface area contributed by atoms with E-state index in [0.29, 0.717) is 5.56 Å². The Morgan fingerprint density at radius 1 is 1.30 bits per heavy atom. The minimum atomic E-state index is -0.623. The number of phenols is 1. The van der Waals surface area contributed by atoms with Crippen molar-refractivity contribution >= 4 is 46.8 Å². The predicted molar refractivity (Wildman–Crippen MR) is 76.5 cm³/mol. The fourth-order valence-corrected chi connectivity index (χ4v) is 1.99. The second-order valence-corrected chi connectivity index (χ2v) is 4.66. The van der Waals surface area contributed by atoms with E-state index < -0.39 is 11.8 Å². The minimum Gasteiger partial charge on any atom is -0.504 e. The molecule has 3 N–H and O–H groups in total. The lowest BCUT2D eigenvalue weighted by atomic mass is 10.1. The fraction of sp³-hybridized carbons (Fsp3) is 0.0833. The zero-order chi connectivity index (χ0) is 14.9. The SMILES string of the molecule is COc1cc(C=C2C(=O)NC(=S)NC2=O)c(Cl)cc1O. The molecule has 1 heterocycles. The quantitative estimate of drug-likeness (QED) is 0.430. The molecule has 2 rings (SSSR count). The van der Waals surface area contributed by atoms with Gasteiger partial charge in [0.25, 0.3) is 11.8 Å². The monoisotopic (exact) mass is 312 g/mol. The first-order chi connectivity index (χ1) is 9.42. The van der Waals surface area contributed by atoms with Gasteiger partial charge in [0, 0.05) is 6.07 Å². The molecule has 104 valence electrons. The van der Waals surface area contributed by atoms with Gasteiger partial charge < -0.3 is 9.84 Å². The van der Waals surface area contributed by atoms with Gasteiger partial charge in [0.05, 0.1) is 12.1 Å². The van der Waals surface area contributed by atoms with Crippen LogP contribution in [0.4, 0.5) is 0 Å². The van der Waals surface area contributed by atoms with Gasteiger partial charge in [-0.1, -0.05) is 11.6 Å². The maximum atomic E-state index is 11.7. The third-order valence-corrected chi connectivity index (χ3v) is 3.07. The van der Waals surface area contributed by atoms with Gasteiger partial charge in [0.15, 0.2) is 16.6 Å². The molecule has 2 amide bonds. The molecule has 0 radical (unpaired) electrons. The summed E-state index contributed by atoms with van der Waals surface area (Å²) < 4.78 is 4.94. The van der Waals surface area contributed by atoms with Gasteiger partial charge in [-0.25, -0.2) is 0 Å². The van der Waals surface area contributed by atoms with Crippen molar-refractivity contribution in [2.24, 2.45) is 0 Å². The Morgan fingerprint density at radius 3 is 2.45 bits per heavy atom. The van der Waals surface area contributed by atoms with E-state index in [9.17, 15) is 14.7 Å². The molecule has 1 aliphatic heterocycles. The van der Waals surface area contributed by atoms with E-state index in [1.807, 2.05) is 0 Å². The van der Waals surface area contributed by atoms with Crippen LogP contribution in [0, 0.1) is 0 Å². The largest absolute Gasteiger partial charge is 0.504 e. The van der Waals surface area contributed by atoms with Crippen LogP contribution in [0.2, 0.25) is 5.02 Å². The molecule has 1 fully saturated rings. The predicted octanol–water partition coefficient (Wildman–Crippen LogP) is 0.968. The van der Waals surface area contributed by atoms with Crippen LogP contribution in [0.15, 0.2) is 17.7 Å². The topological polar surface area (TPSA) is 87.7 Å². The fourth-order valence-electron chi connectivity index (χ4n) is 1.59. The molecule has 8 heteroatoms. The first-order valence-corrected chi connectivity index (χ1v) is 6.16.